The Hall–Kier alpha value is -7.74. The second-order valence-corrected chi connectivity index (χ2v) is 14.9. The summed E-state index contributed by atoms with van der Waals surface area (Å²) in [6.45, 7) is 0. The van der Waals surface area contributed by atoms with Crippen molar-refractivity contribution in [2.24, 2.45) is 0 Å². The molecule has 59 heavy (non-hydrogen) atoms. The molecule has 0 bridgehead atoms. The summed E-state index contributed by atoms with van der Waals surface area (Å²) in [5.41, 5.74) is 17.5. The van der Waals surface area contributed by atoms with Crippen LogP contribution in [0, 0.1) is 0 Å². The number of rotatable bonds is 9. The normalized spacial score (nSPS) is 11.1. The van der Waals surface area contributed by atoms with E-state index in [-0.39, 0.29) is 0 Å². The van der Waals surface area contributed by atoms with Gasteiger partial charge in [-0.15, -0.1) is 0 Å². The molecule has 278 valence electrons. The lowest BCUT2D eigenvalue weighted by Gasteiger charge is -2.29. The lowest BCUT2D eigenvalue weighted by molar-refractivity contribution is 1.28. The van der Waals surface area contributed by atoms with Crippen LogP contribution in [0.1, 0.15) is 0 Å². The Morgan fingerprint density at radius 1 is 0.203 bits per heavy atom. The number of fused-ring (bicyclic) bond motifs is 1. The summed E-state index contributed by atoms with van der Waals surface area (Å²) in [5.74, 6) is 0. The average molecular weight is 752 g/mol. The van der Waals surface area contributed by atoms with Crippen LogP contribution in [0.25, 0.3) is 77.5 Å². The first-order valence-electron chi connectivity index (χ1n) is 20.2. The van der Waals surface area contributed by atoms with Crippen LogP contribution in [0.2, 0.25) is 0 Å². The topological polar surface area (TPSA) is 3.24 Å². The van der Waals surface area contributed by atoms with Gasteiger partial charge in [-0.2, -0.15) is 0 Å². The fourth-order valence-corrected chi connectivity index (χ4v) is 8.24. The molecule has 0 amide bonds. The Morgan fingerprint density at radius 3 is 1.19 bits per heavy atom. The zero-order chi connectivity index (χ0) is 39.4. The first kappa shape index (κ1) is 35.7. The smallest absolute Gasteiger partial charge is 0.0540 e. The Bertz CT molecular complexity index is 2990. The van der Waals surface area contributed by atoms with Crippen molar-refractivity contribution in [3.8, 4) is 66.8 Å². The van der Waals surface area contributed by atoms with Gasteiger partial charge in [0, 0.05) is 16.9 Å². The van der Waals surface area contributed by atoms with Gasteiger partial charge >= 0.3 is 0 Å². The van der Waals surface area contributed by atoms with E-state index in [0.29, 0.717) is 0 Å². The van der Waals surface area contributed by atoms with Gasteiger partial charge in [-0.3, -0.25) is 0 Å². The number of anilines is 3. The van der Waals surface area contributed by atoms with Crippen molar-refractivity contribution in [3.63, 3.8) is 0 Å². The van der Waals surface area contributed by atoms with Gasteiger partial charge in [0.25, 0.3) is 0 Å². The standard InChI is InChI=1S/C58H41N/c1-5-15-42(16-6-1)45-27-33-53(34-28-45)59(54-35-29-46(30-36-54)50-26-25-44-19-13-14-24-49(44)39-50)58-38-32-52(41-57(58)48-22-11-4-12-23-48)55-37-31-51(43-17-7-2-8-18-43)40-56(55)47-20-9-3-10-21-47/h1-41H. The van der Waals surface area contributed by atoms with Crippen molar-refractivity contribution in [2.45, 2.75) is 0 Å². The molecule has 0 saturated carbocycles. The van der Waals surface area contributed by atoms with E-state index in [4.69, 9.17) is 0 Å². The summed E-state index contributed by atoms with van der Waals surface area (Å²) in [6.07, 6.45) is 0. The van der Waals surface area contributed by atoms with E-state index in [0.717, 1.165) is 33.8 Å². The molecule has 10 aromatic carbocycles. The summed E-state index contributed by atoms with van der Waals surface area (Å²) < 4.78 is 0. The van der Waals surface area contributed by atoms with E-state index < -0.39 is 0 Å². The van der Waals surface area contributed by atoms with Crippen LogP contribution < -0.4 is 4.90 Å². The third-order valence-electron chi connectivity index (χ3n) is 11.3. The number of nitrogens with zero attached hydrogens (tertiary/aromatic N) is 1. The van der Waals surface area contributed by atoms with Crippen LogP contribution in [-0.2, 0) is 0 Å². The number of benzene rings is 10. The molecule has 10 aromatic rings. The summed E-state index contributed by atoms with van der Waals surface area (Å²) in [5, 5.41) is 2.49. The molecule has 0 aromatic heterocycles. The Balaban J connectivity index is 1.13. The fourth-order valence-electron chi connectivity index (χ4n) is 8.24. The second kappa shape index (κ2) is 16.0. The van der Waals surface area contributed by atoms with Gasteiger partial charge in [0.2, 0.25) is 0 Å². The van der Waals surface area contributed by atoms with Crippen LogP contribution in [0.15, 0.2) is 249 Å². The van der Waals surface area contributed by atoms with Crippen molar-refractivity contribution < 1.29 is 0 Å². The molecular weight excluding hydrogens is 711 g/mol. The lowest BCUT2D eigenvalue weighted by Crippen LogP contribution is -2.11. The molecule has 0 radical (unpaired) electrons. The Kier molecular flexibility index (Phi) is 9.68. The van der Waals surface area contributed by atoms with Gasteiger partial charge in [0.05, 0.1) is 5.69 Å². The molecule has 0 aliphatic carbocycles. The van der Waals surface area contributed by atoms with Crippen molar-refractivity contribution in [2.75, 3.05) is 4.90 Å². The monoisotopic (exact) mass is 751 g/mol. The van der Waals surface area contributed by atoms with E-state index in [2.05, 4.69) is 254 Å². The van der Waals surface area contributed by atoms with Gasteiger partial charge in [0.1, 0.15) is 0 Å². The van der Waals surface area contributed by atoms with E-state index in [1.807, 2.05) is 0 Å². The SMILES string of the molecule is c1ccc(-c2ccc(N(c3ccc(-c4ccc5ccccc5c4)cc3)c3ccc(-c4ccc(-c5ccccc5)cc4-c4ccccc4)cc3-c3ccccc3)cc2)cc1. The maximum absolute atomic E-state index is 2.40. The molecule has 1 nitrogen and oxygen atoms in total. The average Bonchev–Trinajstić information content (AvgIpc) is 3.33. The molecule has 0 aliphatic rings. The fraction of sp³-hybridized carbons (Fsp3) is 0. The van der Waals surface area contributed by atoms with E-state index >= 15 is 0 Å². The van der Waals surface area contributed by atoms with E-state index in [9.17, 15) is 0 Å². The first-order valence-corrected chi connectivity index (χ1v) is 20.2. The molecule has 0 fully saturated rings. The lowest BCUT2D eigenvalue weighted by atomic mass is 9.89. The maximum Gasteiger partial charge on any atom is 0.0540 e. The Morgan fingerprint density at radius 2 is 0.593 bits per heavy atom. The minimum Gasteiger partial charge on any atom is -0.310 e. The molecule has 10 rings (SSSR count). The second-order valence-electron chi connectivity index (χ2n) is 14.9. The minimum atomic E-state index is 1.09. The van der Waals surface area contributed by atoms with E-state index in [1.165, 1.54) is 60.8 Å². The van der Waals surface area contributed by atoms with Crippen molar-refractivity contribution in [3.05, 3.63) is 249 Å². The molecule has 0 unspecified atom stereocenters. The van der Waals surface area contributed by atoms with Crippen molar-refractivity contribution in [1.82, 2.24) is 0 Å². The minimum absolute atomic E-state index is 1.09. The molecule has 1 heteroatoms. The zero-order valence-electron chi connectivity index (χ0n) is 32.6. The number of hydrogen-bond acceptors (Lipinski definition) is 1. The zero-order valence-corrected chi connectivity index (χ0v) is 32.6. The van der Waals surface area contributed by atoms with Gasteiger partial charge in [-0.05, 0) is 121 Å². The highest BCUT2D eigenvalue weighted by atomic mass is 15.1. The molecule has 0 heterocycles. The highest BCUT2D eigenvalue weighted by Gasteiger charge is 2.20. The summed E-state index contributed by atoms with van der Waals surface area (Å²) >= 11 is 0. The maximum atomic E-state index is 2.40. The summed E-state index contributed by atoms with van der Waals surface area (Å²) in [4.78, 5) is 2.40. The largest absolute Gasteiger partial charge is 0.310 e. The first-order chi connectivity index (χ1) is 29.2. The predicted octanol–water partition coefficient (Wildman–Crippen LogP) is 16.3. The summed E-state index contributed by atoms with van der Waals surface area (Å²) in [6, 6.07) is 89.9. The highest BCUT2D eigenvalue weighted by Crippen LogP contribution is 2.45. The van der Waals surface area contributed by atoms with Crippen LogP contribution >= 0.6 is 0 Å². The third-order valence-corrected chi connectivity index (χ3v) is 11.3. The highest BCUT2D eigenvalue weighted by molar-refractivity contribution is 5.95. The van der Waals surface area contributed by atoms with E-state index in [1.54, 1.807) is 0 Å². The molecule has 0 N–H and O–H groups in total. The predicted molar refractivity (Wildman–Crippen MR) is 251 cm³/mol. The van der Waals surface area contributed by atoms with Gasteiger partial charge < -0.3 is 4.90 Å². The van der Waals surface area contributed by atoms with Crippen LogP contribution in [0.4, 0.5) is 17.1 Å². The molecule has 0 saturated heterocycles. The Labute approximate surface area is 346 Å². The molecular formula is C58H41N. The van der Waals surface area contributed by atoms with Gasteiger partial charge in [-0.1, -0.05) is 200 Å². The summed E-state index contributed by atoms with van der Waals surface area (Å²) in [7, 11) is 0. The molecule has 0 atom stereocenters. The van der Waals surface area contributed by atoms with Crippen molar-refractivity contribution in [1.29, 1.82) is 0 Å². The van der Waals surface area contributed by atoms with Crippen molar-refractivity contribution >= 4 is 27.8 Å². The van der Waals surface area contributed by atoms with Crippen LogP contribution in [0.3, 0.4) is 0 Å². The third kappa shape index (κ3) is 7.34. The van der Waals surface area contributed by atoms with Gasteiger partial charge in [0.15, 0.2) is 0 Å². The molecule has 0 aliphatic heterocycles. The van der Waals surface area contributed by atoms with Gasteiger partial charge in [-0.25, -0.2) is 0 Å². The van der Waals surface area contributed by atoms with Crippen LogP contribution in [0.5, 0.6) is 0 Å². The number of hydrogen-bond donors (Lipinski definition) is 0. The van der Waals surface area contributed by atoms with Crippen LogP contribution in [-0.4, -0.2) is 0 Å². The quantitative estimate of drug-likeness (QED) is 0.142. The molecule has 0 spiro atoms.